The van der Waals surface area contributed by atoms with Crippen molar-refractivity contribution >= 4 is 11.6 Å². The third-order valence-electron chi connectivity index (χ3n) is 5.26. The summed E-state index contributed by atoms with van der Waals surface area (Å²) in [5.41, 5.74) is 1.07. The maximum absolute atomic E-state index is 13.4. The number of carbonyl (C=O) groups excluding carboxylic acids is 1. The van der Waals surface area contributed by atoms with Crippen LogP contribution in [-0.2, 0) is 14.9 Å². The van der Waals surface area contributed by atoms with E-state index < -0.39 is 5.41 Å². The molecule has 1 aliphatic rings. The highest BCUT2D eigenvalue weighted by Crippen LogP contribution is 2.37. The van der Waals surface area contributed by atoms with Crippen molar-refractivity contribution in [1.29, 1.82) is 5.26 Å². The SMILES string of the molecule is CCCOc1ccc(NC(=O)C2(c3ccc(OC)cc3)CCOCC2)c(C#N)c1. The van der Waals surface area contributed by atoms with Gasteiger partial charge in [-0.15, -0.1) is 0 Å². The molecule has 1 fully saturated rings. The van der Waals surface area contributed by atoms with E-state index in [1.54, 1.807) is 25.3 Å². The van der Waals surface area contributed by atoms with Gasteiger partial charge in [-0.05, 0) is 55.2 Å². The topological polar surface area (TPSA) is 80.6 Å². The number of anilines is 1. The van der Waals surface area contributed by atoms with E-state index in [0.29, 0.717) is 49.7 Å². The van der Waals surface area contributed by atoms with Gasteiger partial charge in [-0.1, -0.05) is 19.1 Å². The van der Waals surface area contributed by atoms with Crippen LogP contribution in [0.1, 0.15) is 37.3 Å². The molecule has 0 unspecified atom stereocenters. The zero-order valence-electron chi connectivity index (χ0n) is 16.9. The molecule has 0 saturated carbocycles. The normalized spacial score (nSPS) is 15.2. The molecule has 2 aromatic rings. The van der Waals surface area contributed by atoms with Gasteiger partial charge < -0.3 is 19.5 Å². The van der Waals surface area contributed by atoms with Gasteiger partial charge in [-0.2, -0.15) is 5.26 Å². The van der Waals surface area contributed by atoms with Crippen LogP contribution in [0.5, 0.6) is 11.5 Å². The smallest absolute Gasteiger partial charge is 0.235 e. The molecule has 0 aliphatic carbocycles. The Kier molecular flexibility index (Phi) is 6.73. The molecule has 1 amide bonds. The molecular weight excluding hydrogens is 368 g/mol. The van der Waals surface area contributed by atoms with Crippen molar-refractivity contribution in [3.63, 3.8) is 0 Å². The number of hydrogen-bond donors (Lipinski definition) is 1. The molecule has 0 aromatic heterocycles. The van der Waals surface area contributed by atoms with Crippen LogP contribution in [0.25, 0.3) is 0 Å². The van der Waals surface area contributed by atoms with E-state index in [1.807, 2.05) is 31.2 Å². The van der Waals surface area contributed by atoms with E-state index in [2.05, 4.69) is 11.4 Å². The Morgan fingerprint density at radius 1 is 1.17 bits per heavy atom. The number of amides is 1. The molecule has 6 nitrogen and oxygen atoms in total. The predicted octanol–water partition coefficient (Wildman–Crippen LogP) is 4.04. The molecule has 29 heavy (non-hydrogen) atoms. The van der Waals surface area contributed by atoms with Gasteiger partial charge in [0.05, 0.1) is 30.4 Å². The Hall–Kier alpha value is -3.04. The average molecular weight is 394 g/mol. The van der Waals surface area contributed by atoms with E-state index >= 15 is 0 Å². The minimum absolute atomic E-state index is 0.135. The van der Waals surface area contributed by atoms with Gasteiger partial charge >= 0.3 is 0 Å². The Morgan fingerprint density at radius 3 is 2.48 bits per heavy atom. The van der Waals surface area contributed by atoms with Crippen molar-refractivity contribution in [3.05, 3.63) is 53.6 Å². The highest BCUT2D eigenvalue weighted by molar-refractivity contribution is 6.00. The predicted molar refractivity (Wildman–Crippen MR) is 110 cm³/mol. The number of nitriles is 1. The van der Waals surface area contributed by atoms with Crippen LogP contribution < -0.4 is 14.8 Å². The van der Waals surface area contributed by atoms with Crippen LogP contribution in [0, 0.1) is 11.3 Å². The van der Waals surface area contributed by atoms with Crippen LogP contribution in [0.15, 0.2) is 42.5 Å². The van der Waals surface area contributed by atoms with Crippen molar-refractivity contribution in [2.75, 3.05) is 32.2 Å². The third-order valence-corrected chi connectivity index (χ3v) is 5.26. The molecule has 0 bridgehead atoms. The maximum Gasteiger partial charge on any atom is 0.235 e. The number of nitrogens with one attached hydrogen (secondary N) is 1. The van der Waals surface area contributed by atoms with Crippen LogP contribution in [0.3, 0.4) is 0 Å². The van der Waals surface area contributed by atoms with E-state index in [4.69, 9.17) is 14.2 Å². The second-order valence-electron chi connectivity index (χ2n) is 7.04. The fourth-order valence-electron chi connectivity index (χ4n) is 3.55. The van der Waals surface area contributed by atoms with Crippen LogP contribution in [0.2, 0.25) is 0 Å². The van der Waals surface area contributed by atoms with Gasteiger partial charge in [0.15, 0.2) is 0 Å². The first-order chi connectivity index (χ1) is 14.1. The fourth-order valence-corrected chi connectivity index (χ4v) is 3.55. The molecule has 2 aromatic carbocycles. The van der Waals surface area contributed by atoms with Gasteiger partial charge in [0.25, 0.3) is 0 Å². The summed E-state index contributed by atoms with van der Waals surface area (Å²) in [6.07, 6.45) is 2.03. The van der Waals surface area contributed by atoms with Crippen molar-refractivity contribution in [2.24, 2.45) is 0 Å². The number of benzene rings is 2. The lowest BCUT2D eigenvalue weighted by Crippen LogP contribution is -2.45. The Morgan fingerprint density at radius 2 is 1.86 bits per heavy atom. The molecule has 3 rings (SSSR count). The molecule has 1 saturated heterocycles. The summed E-state index contributed by atoms with van der Waals surface area (Å²) in [5, 5.41) is 12.5. The van der Waals surface area contributed by atoms with Crippen molar-refractivity contribution in [1.82, 2.24) is 0 Å². The number of rotatable bonds is 7. The number of ether oxygens (including phenoxy) is 3. The number of nitrogens with zero attached hydrogens (tertiary/aromatic N) is 1. The Bertz CT molecular complexity index is 881. The van der Waals surface area contributed by atoms with E-state index in [-0.39, 0.29) is 5.91 Å². The first kappa shape index (κ1) is 20.7. The van der Waals surface area contributed by atoms with Crippen molar-refractivity contribution in [2.45, 2.75) is 31.6 Å². The Labute approximate surface area is 171 Å². The van der Waals surface area contributed by atoms with Gasteiger partial charge in [0.2, 0.25) is 5.91 Å². The maximum atomic E-state index is 13.4. The summed E-state index contributed by atoms with van der Waals surface area (Å²) in [6, 6.07) is 14.9. The summed E-state index contributed by atoms with van der Waals surface area (Å²) in [5.74, 6) is 1.23. The number of hydrogen-bond acceptors (Lipinski definition) is 5. The zero-order valence-corrected chi connectivity index (χ0v) is 16.9. The minimum atomic E-state index is -0.714. The highest BCUT2D eigenvalue weighted by Gasteiger charge is 2.42. The van der Waals surface area contributed by atoms with Crippen LogP contribution in [-0.4, -0.2) is 32.8 Å². The van der Waals surface area contributed by atoms with E-state index in [1.165, 1.54) is 0 Å². The van der Waals surface area contributed by atoms with Crippen molar-refractivity contribution < 1.29 is 19.0 Å². The van der Waals surface area contributed by atoms with Gasteiger partial charge in [0, 0.05) is 13.2 Å². The lowest BCUT2D eigenvalue weighted by molar-refractivity contribution is -0.125. The van der Waals surface area contributed by atoms with Gasteiger partial charge in [0.1, 0.15) is 17.6 Å². The monoisotopic (exact) mass is 394 g/mol. The lowest BCUT2D eigenvalue weighted by Gasteiger charge is -2.36. The molecule has 0 radical (unpaired) electrons. The first-order valence-electron chi connectivity index (χ1n) is 9.83. The number of carbonyl (C=O) groups is 1. The van der Waals surface area contributed by atoms with Crippen LogP contribution >= 0.6 is 0 Å². The Balaban J connectivity index is 1.88. The average Bonchev–Trinajstić information content (AvgIpc) is 2.78. The fraction of sp³-hybridized carbons (Fsp3) is 0.391. The summed E-state index contributed by atoms with van der Waals surface area (Å²) in [6.45, 7) is 3.62. The third kappa shape index (κ3) is 4.52. The summed E-state index contributed by atoms with van der Waals surface area (Å²) < 4.78 is 16.4. The molecule has 152 valence electrons. The standard InChI is InChI=1S/C23H26N2O4/c1-3-12-29-20-8-9-21(17(15-20)16-24)25-22(26)23(10-13-28-14-11-23)18-4-6-19(27-2)7-5-18/h4-9,15H,3,10-14H2,1-2H3,(H,25,26). The second-order valence-corrected chi connectivity index (χ2v) is 7.04. The molecule has 1 N–H and O–H groups in total. The lowest BCUT2D eigenvalue weighted by atomic mass is 9.73. The first-order valence-corrected chi connectivity index (χ1v) is 9.83. The molecule has 1 aliphatic heterocycles. The zero-order chi connectivity index (χ0) is 20.7. The molecule has 0 atom stereocenters. The van der Waals surface area contributed by atoms with Gasteiger partial charge in [-0.25, -0.2) is 0 Å². The largest absolute Gasteiger partial charge is 0.497 e. The highest BCUT2D eigenvalue weighted by atomic mass is 16.5. The van der Waals surface area contributed by atoms with E-state index in [0.717, 1.165) is 17.7 Å². The molecular formula is C23H26N2O4. The quantitative estimate of drug-likeness (QED) is 0.766. The summed E-state index contributed by atoms with van der Waals surface area (Å²) in [4.78, 5) is 13.4. The summed E-state index contributed by atoms with van der Waals surface area (Å²) in [7, 11) is 1.61. The van der Waals surface area contributed by atoms with Crippen LogP contribution in [0.4, 0.5) is 5.69 Å². The van der Waals surface area contributed by atoms with Crippen molar-refractivity contribution in [3.8, 4) is 17.6 Å². The summed E-state index contributed by atoms with van der Waals surface area (Å²) >= 11 is 0. The minimum Gasteiger partial charge on any atom is -0.497 e. The second kappa shape index (κ2) is 9.44. The molecule has 6 heteroatoms. The molecule has 0 spiro atoms. The number of methoxy groups -OCH3 is 1. The molecule has 1 heterocycles. The van der Waals surface area contributed by atoms with Gasteiger partial charge in [-0.3, -0.25) is 4.79 Å². The van der Waals surface area contributed by atoms with E-state index in [9.17, 15) is 10.1 Å².